The van der Waals surface area contributed by atoms with Crippen LogP contribution in [0, 0.1) is 17.6 Å². The number of hydrogen-bond acceptors (Lipinski definition) is 4. The fourth-order valence-corrected chi connectivity index (χ4v) is 7.11. The Balaban J connectivity index is 0.000000501. The molecular weight excluding hydrogens is 637 g/mol. The van der Waals surface area contributed by atoms with E-state index in [1.54, 1.807) is 31.5 Å². The van der Waals surface area contributed by atoms with E-state index in [1.807, 2.05) is 30.5 Å². The molecule has 1 aliphatic rings. The van der Waals surface area contributed by atoms with Crippen LogP contribution >= 0.6 is 35.0 Å². The van der Waals surface area contributed by atoms with Gasteiger partial charge in [0.2, 0.25) is 5.91 Å². The standard InChI is InChI=1S/C27H23Cl2F2N3O2S.C7H16N/c1-27(2,16-4-9-20(28)23(12-16)36-3)24-13-33-26(34(24)18-7-5-17(30)6-8-18)37-14-19-21(29)10-15(25(32)35)11-22(19)31;1-7-4-5-8(2,3)6-7/h4-13H,14H2,1-3H3,(H2,32,35);7H,4-6H2,1-3H3/q;+1. The van der Waals surface area contributed by atoms with Gasteiger partial charge in [-0.2, -0.15) is 0 Å². The number of quaternary nitrogens is 1. The zero-order valence-electron chi connectivity index (χ0n) is 26.3. The van der Waals surface area contributed by atoms with Crippen molar-refractivity contribution in [3.05, 3.63) is 105 Å². The second-order valence-corrected chi connectivity index (χ2v) is 14.3. The predicted octanol–water partition coefficient (Wildman–Crippen LogP) is 8.29. The van der Waals surface area contributed by atoms with Crippen LogP contribution < -0.4 is 10.5 Å². The molecule has 3 aromatic carbocycles. The summed E-state index contributed by atoms with van der Waals surface area (Å²) in [5.41, 5.74) is 7.29. The van der Waals surface area contributed by atoms with Crippen LogP contribution in [-0.4, -0.2) is 54.2 Å². The minimum absolute atomic E-state index is 0.00788. The van der Waals surface area contributed by atoms with Crippen molar-refractivity contribution in [2.24, 2.45) is 11.7 Å². The molecule has 1 fully saturated rings. The molecule has 0 radical (unpaired) electrons. The fourth-order valence-electron chi connectivity index (χ4n) is 5.53. The second kappa shape index (κ2) is 14.1. The second-order valence-electron chi connectivity index (χ2n) is 12.5. The number of benzene rings is 3. The van der Waals surface area contributed by atoms with Gasteiger partial charge in [0.15, 0.2) is 5.16 Å². The molecule has 45 heavy (non-hydrogen) atoms. The average molecular weight is 677 g/mol. The van der Waals surface area contributed by atoms with E-state index in [1.165, 1.54) is 54.0 Å². The number of carbonyl (C=O) groups is 1. The molecule has 1 amide bonds. The quantitative estimate of drug-likeness (QED) is 0.151. The van der Waals surface area contributed by atoms with Crippen molar-refractivity contribution in [1.29, 1.82) is 0 Å². The number of hydrogen-bond donors (Lipinski definition) is 1. The highest BCUT2D eigenvalue weighted by atomic mass is 35.5. The molecule has 1 atom stereocenters. The number of primary amides is 1. The van der Waals surface area contributed by atoms with E-state index in [2.05, 4.69) is 26.0 Å². The largest absolute Gasteiger partial charge is 0.495 e. The number of thioether (sulfide) groups is 1. The number of carbonyl (C=O) groups excluding carboxylic acids is 1. The van der Waals surface area contributed by atoms with E-state index >= 15 is 0 Å². The number of nitrogens with two attached hydrogens (primary N) is 1. The summed E-state index contributed by atoms with van der Waals surface area (Å²) in [5, 5.41) is 1.13. The Hall–Kier alpha value is -3.11. The summed E-state index contributed by atoms with van der Waals surface area (Å²) in [5.74, 6) is -0.134. The van der Waals surface area contributed by atoms with Gasteiger partial charge in [0, 0.05) is 45.3 Å². The van der Waals surface area contributed by atoms with E-state index < -0.39 is 17.1 Å². The van der Waals surface area contributed by atoms with Crippen LogP contribution in [0.25, 0.3) is 5.69 Å². The summed E-state index contributed by atoms with van der Waals surface area (Å²) >= 11 is 13.8. The molecule has 0 bridgehead atoms. The lowest BCUT2D eigenvalue weighted by Crippen LogP contribution is -2.36. The molecule has 2 heterocycles. The summed E-state index contributed by atoms with van der Waals surface area (Å²) in [6, 6.07) is 14.0. The van der Waals surface area contributed by atoms with Crippen molar-refractivity contribution in [3.8, 4) is 11.4 Å². The highest BCUT2D eigenvalue weighted by Crippen LogP contribution is 2.39. The molecule has 5 rings (SSSR count). The number of ether oxygens (including phenoxy) is 1. The Kier molecular flexibility index (Phi) is 10.9. The maximum atomic E-state index is 14.8. The monoisotopic (exact) mass is 675 g/mol. The number of aromatic nitrogens is 2. The maximum Gasteiger partial charge on any atom is 0.248 e. The Morgan fingerprint density at radius 1 is 1.11 bits per heavy atom. The lowest BCUT2D eigenvalue weighted by Gasteiger charge is -2.28. The van der Waals surface area contributed by atoms with Gasteiger partial charge in [-0.05, 0) is 54.1 Å². The van der Waals surface area contributed by atoms with Crippen molar-refractivity contribution >= 4 is 40.9 Å². The number of amides is 1. The number of imidazole rings is 1. The van der Waals surface area contributed by atoms with Crippen LogP contribution in [0.15, 0.2) is 66.0 Å². The number of methoxy groups -OCH3 is 1. The van der Waals surface area contributed by atoms with Crippen molar-refractivity contribution in [3.63, 3.8) is 0 Å². The molecule has 6 nitrogen and oxygen atoms in total. The molecule has 0 aliphatic carbocycles. The van der Waals surface area contributed by atoms with Crippen molar-refractivity contribution in [1.82, 2.24) is 9.55 Å². The van der Waals surface area contributed by atoms with Crippen LogP contribution in [0.2, 0.25) is 10.0 Å². The molecule has 0 spiro atoms. The molecule has 2 N–H and O–H groups in total. The minimum atomic E-state index is -0.766. The summed E-state index contributed by atoms with van der Waals surface area (Å²) < 4.78 is 37.1. The Morgan fingerprint density at radius 3 is 2.33 bits per heavy atom. The van der Waals surface area contributed by atoms with E-state index in [-0.39, 0.29) is 27.7 Å². The van der Waals surface area contributed by atoms with E-state index in [4.69, 9.17) is 33.7 Å². The summed E-state index contributed by atoms with van der Waals surface area (Å²) in [6.45, 7) is 9.15. The number of rotatable bonds is 8. The molecule has 11 heteroatoms. The summed E-state index contributed by atoms with van der Waals surface area (Å²) in [6.07, 6.45) is 3.16. The molecule has 1 saturated heterocycles. The Bertz CT molecular complexity index is 1650. The Labute approximate surface area is 278 Å². The third kappa shape index (κ3) is 8.19. The van der Waals surface area contributed by atoms with E-state index in [0.717, 1.165) is 23.2 Å². The SMILES string of the molecule is CC1CC[N+](C)(C)C1.COc1cc(C(C)(C)c2cnc(SCc3c(F)cc(C(N)=O)cc3Cl)n2-c2ccc(F)cc2)ccc1Cl. The van der Waals surface area contributed by atoms with E-state index in [9.17, 15) is 13.6 Å². The normalized spacial score (nSPS) is 15.8. The highest BCUT2D eigenvalue weighted by Gasteiger charge is 2.31. The fraction of sp³-hybridized carbons (Fsp3) is 0.353. The maximum absolute atomic E-state index is 14.8. The zero-order valence-corrected chi connectivity index (χ0v) is 28.7. The number of nitrogens with zero attached hydrogens (tertiary/aromatic N) is 3. The third-order valence-electron chi connectivity index (χ3n) is 8.13. The van der Waals surface area contributed by atoms with E-state index in [0.29, 0.717) is 21.6 Å². The number of likely N-dealkylation sites (tertiary alicyclic amines) is 1. The molecule has 1 aromatic heterocycles. The van der Waals surface area contributed by atoms with Crippen molar-refractivity contribution in [2.75, 3.05) is 34.3 Å². The molecule has 1 aliphatic heterocycles. The smallest absolute Gasteiger partial charge is 0.248 e. The van der Waals surface area contributed by atoms with Gasteiger partial charge in [-0.1, -0.05) is 61.8 Å². The molecule has 240 valence electrons. The van der Waals surface area contributed by atoms with Crippen molar-refractivity contribution in [2.45, 2.75) is 43.5 Å². The average Bonchev–Trinajstić information content (AvgIpc) is 3.55. The molecule has 1 unspecified atom stereocenters. The highest BCUT2D eigenvalue weighted by molar-refractivity contribution is 7.98. The summed E-state index contributed by atoms with van der Waals surface area (Å²) in [7, 11) is 6.17. The van der Waals surface area contributed by atoms with Crippen LogP contribution in [-0.2, 0) is 11.2 Å². The van der Waals surface area contributed by atoms with Gasteiger partial charge in [0.1, 0.15) is 17.4 Å². The third-order valence-corrected chi connectivity index (χ3v) is 9.76. The molecular formula is C34H39Cl2F2N4O2S+. The Morgan fingerprint density at radius 2 is 1.80 bits per heavy atom. The lowest BCUT2D eigenvalue weighted by molar-refractivity contribution is -0.879. The first-order chi connectivity index (χ1) is 21.1. The topological polar surface area (TPSA) is 70.1 Å². The van der Waals surface area contributed by atoms with Gasteiger partial charge in [-0.3, -0.25) is 9.36 Å². The zero-order chi connectivity index (χ0) is 33.1. The van der Waals surface area contributed by atoms with Crippen LogP contribution in [0.3, 0.4) is 0 Å². The van der Waals surface area contributed by atoms with Gasteiger partial charge in [-0.15, -0.1) is 0 Å². The first-order valence-electron chi connectivity index (χ1n) is 14.5. The van der Waals surface area contributed by atoms with Gasteiger partial charge in [0.25, 0.3) is 0 Å². The van der Waals surface area contributed by atoms with Crippen molar-refractivity contribution < 1.29 is 22.8 Å². The molecule has 0 saturated carbocycles. The lowest BCUT2D eigenvalue weighted by atomic mass is 9.81. The minimum Gasteiger partial charge on any atom is -0.495 e. The van der Waals surface area contributed by atoms with Crippen LogP contribution in [0.5, 0.6) is 5.75 Å². The van der Waals surface area contributed by atoms with Crippen LogP contribution in [0.4, 0.5) is 8.78 Å². The van der Waals surface area contributed by atoms with Gasteiger partial charge in [0.05, 0.1) is 51.2 Å². The van der Waals surface area contributed by atoms with Gasteiger partial charge >= 0.3 is 0 Å². The van der Waals surface area contributed by atoms with Gasteiger partial charge in [-0.25, -0.2) is 13.8 Å². The summed E-state index contributed by atoms with van der Waals surface area (Å²) in [4.78, 5) is 16.1. The molecule has 4 aromatic rings. The first kappa shape index (κ1) is 34.8. The first-order valence-corrected chi connectivity index (χ1v) is 16.3. The van der Waals surface area contributed by atoms with Gasteiger partial charge < -0.3 is 15.0 Å². The predicted molar refractivity (Wildman–Crippen MR) is 179 cm³/mol. The number of halogens is 4. The van der Waals surface area contributed by atoms with Crippen LogP contribution in [0.1, 0.15) is 54.4 Å².